The van der Waals surface area contributed by atoms with Crippen LogP contribution in [0.4, 0.5) is 0 Å². The molecule has 1 aliphatic rings. The zero-order valence-corrected chi connectivity index (χ0v) is 10.2. The number of ether oxygens (including phenoxy) is 1. The van der Waals surface area contributed by atoms with Crippen molar-refractivity contribution >= 4 is 5.97 Å². The molecule has 0 radical (unpaired) electrons. The molecule has 0 saturated heterocycles. The Labute approximate surface area is 97.4 Å². The van der Waals surface area contributed by atoms with Crippen molar-refractivity contribution < 1.29 is 14.6 Å². The fourth-order valence-electron chi connectivity index (χ4n) is 2.21. The molecule has 0 aromatic carbocycles. The third-order valence-corrected chi connectivity index (χ3v) is 3.14. The molecule has 1 unspecified atom stereocenters. The fourth-order valence-corrected chi connectivity index (χ4v) is 2.21. The summed E-state index contributed by atoms with van der Waals surface area (Å²) in [6.45, 7) is 4.45. The Morgan fingerprint density at radius 2 is 2.06 bits per heavy atom. The van der Waals surface area contributed by atoms with Crippen LogP contribution in [0.2, 0.25) is 0 Å². The maximum Gasteiger partial charge on any atom is 0.308 e. The van der Waals surface area contributed by atoms with Crippen LogP contribution in [0.25, 0.3) is 0 Å². The zero-order chi connectivity index (χ0) is 12.0. The number of carbonyl (C=O) groups excluding carboxylic acids is 1. The van der Waals surface area contributed by atoms with Crippen molar-refractivity contribution in [1.29, 1.82) is 0 Å². The summed E-state index contributed by atoms with van der Waals surface area (Å²) in [4.78, 5) is 11.5. The predicted octanol–water partition coefficient (Wildman–Crippen LogP) is 1.08. The van der Waals surface area contributed by atoms with Crippen molar-refractivity contribution in [3.63, 3.8) is 0 Å². The monoisotopic (exact) mass is 229 g/mol. The molecule has 94 valence electrons. The van der Waals surface area contributed by atoms with E-state index in [-0.39, 0.29) is 24.5 Å². The van der Waals surface area contributed by atoms with Gasteiger partial charge in [-0.15, -0.1) is 0 Å². The lowest BCUT2D eigenvalue weighted by molar-refractivity contribution is -0.149. The number of aliphatic hydroxyl groups is 1. The zero-order valence-electron chi connectivity index (χ0n) is 10.2. The largest absolute Gasteiger partial charge is 0.466 e. The van der Waals surface area contributed by atoms with E-state index in [1.165, 1.54) is 0 Å². The number of hydrogen-bond donors (Lipinski definition) is 2. The number of hydrogen-bond acceptors (Lipinski definition) is 4. The minimum atomic E-state index is -0.0452. The summed E-state index contributed by atoms with van der Waals surface area (Å²) in [6, 6.07) is 0.581. The van der Waals surface area contributed by atoms with E-state index in [1.807, 2.05) is 13.8 Å². The minimum Gasteiger partial charge on any atom is -0.466 e. The lowest BCUT2D eigenvalue weighted by Gasteiger charge is -2.29. The Hall–Kier alpha value is -0.610. The highest BCUT2D eigenvalue weighted by molar-refractivity contribution is 5.72. The van der Waals surface area contributed by atoms with Gasteiger partial charge in [-0.25, -0.2) is 0 Å². The molecular formula is C12H23NO3. The van der Waals surface area contributed by atoms with Gasteiger partial charge in [-0.3, -0.25) is 4.79 Å². The molecule has 4 nitrogen and oxygen atoms in total. The highest BCUT2D eigenvalue weighted by Crippen LogP contribution is 2.25. The van der Waals surface area contributed by atoms with Gasteiger partial charge in [0.05, 0.1) is 19.1 Å². The van der Waals surface area contributed by atoms with Crippen molar-refractivity contribution in [3.8, 4) is 0 Å². The first-order chi connectivity index (χ1) is 7.67. The molecule has 0 aromatic heterocycles. The van der Waals surface area contributed by atoms with E-state index >= 15 is 0 Å². The molecule has 0 spiro atoms. The van der Waals surface area contributed by atoms with Gasteiger partial charge in [0.15, 0.2) is 0 Å². The molecule has 0 aliphatic heterocycles. The van der Waals surface area contributed by atoms with Crippen LogP contribution in [0.15, 0.2) is 0 Å². The maximum atomic E-state index is 11.5. The van der Waals surface area contributed by atoms with Crippen molar-refractivity contribution in [2.45, 2.75) is 51.6 Å². The van der Waals surface area contributed by atoms with Crippen LogP contribution in [0, 0.1) is 5.92 Å². The molecule has 1 rings (SSSR count). The summed E-state index contributed by atoms with van der Waals surface area (Å²) in [5, 5.41) is 12.3. The Morgan fingerprint density at radius 1 is 1.44 bits per heavy atom. The molecule has 1 aliphatic carbocycles. The van der Waals surface area contributed by atoms with Crippen molar-refractivity contribution in [2.75, 3.05) is 13.2 Å². The Morgan fingerprint density at radius 3 is 2.56 bits per heavy atom. The summed E-state index contributed by atoms with van der Waals surface area (Å²) in [6.07, 6.45) is 3.78. The first-order valence-electron chi connectivity index (χ1n) is 6.20. The van der Waals surface area contributed by atoms with Crippen LogP contribution in [0.1, 0.15) is 39.5 Å². The second-order valence-electron chi connectivity index (χ2n) is 4.55. The molecule has 0 bridgehead atoms. The SMILES string of the molecule is CCOC(=O)C1CCC(NC(C)CO)CC1. The smallest absolute Gasteiger partial charge is 0.308 e. The molecule has 1 saturated carbocycles. The van der Waals surface area contributed by atoms with Crippen LogP contribution < -0.4 is 5.32 Å². The molecule has 4 heteroatoms. The van der Waals surface area contributed by atoms with E-state index < -0.39 is 0 Å². The number of aliphatic hydroxyl groups excluding tert-OH is 1. The number of rotatable bonds is 5. The van der Waals surface area contributed by atoms with Crippen LogP contribution in [0.5, 0.6) is 0 Å². The first kappa shape index (κ1) is 13.5. The van der Waals surface area contributed by atoms with E-state index in [9.17, 15) is 4.79 Å². The Balaban J connectivity index is 2.25. The maximum absolute atomic E-state index is 11.5. The first-order valence-corrected chi connectivity index (χ1v) is 6.20. The van der Waals surface area contributed by atoms with E-state index in [1.54, 1.807) is 0 Å². The minimum absolute atomic E-state index is 0.0452. The topological polar surface area (TPSA) is 58.6 Å². The van der Waals surface area contributed by atoms with Crippen molar-refractivity contribution in [2.24, 2.45) is 5.92 Å². The third-order valence-electron chi connectivity index (χ3n) is 3.14. The lowest BCUT2D eigenvalue weighted by atomic mass is 9.86. The Bertz CT molecular complexity index is 212. The van der Waals surface area contributed by atoms with Gasteiger partial charge in [-0.05, 0) is 39.5 Å². The van der Waals surface area contributed by atoms with Crippen molar-refractivity contribution in [1.82, 2.24) is 5.32 Å². The van der Waals surface area contributed by atoms with E-state index in [4.69, 9.17) is 9.84 Å². The van der Waals surface area contributed by atoms with Crippen LogP contribution >= 0.6 is 0 Å². The van der Waals surface area contributed by atoms with Crippen LogP contribution in [-0.4, -0.2) is 36.4 Å². The Kier molecular flexibility index (Phi) is 5.77. The molecule has 1 fully saturated rings. The molecule has 0 amide bonds. The molecule has 2 N–H and O–H groups in total. The molecule has 1 atom stereocenters. The van der Waals surface area contributed by atoms with Gasteiger partial charge in [0.25, 0.3) is 0 Å². The summed E-state index contributed by atoms with van der Waals surface area (Å²) < 4.78 is 5.02. The highest BCUT2D eigenvalue weighted by atomic mass is 16.5. The fraction of sp³-hybridized carbons (Fsp3) is 0.917. The number of nitrogens with one attached hydrogen (secondary N) is 1. The molecule has 0 aromatic rings. The second-order valence-corrected chi connectivity index (χ2v) is 4.55. The molecular weight excluding hydrogens is 206 g/mol. The van der Waals surface area contributed by atoms with Gasteiger partial charge < -0.3 is 15.2 Å². The quantitative estimate of drug-likeness (QED) is 0.693. The van der Waals surface area contributed by atoms with Crippen LogP contribution in [-0.2, 0) is 9.53 Å². The van der Waals surface area contributed by atoms with Gasteiger partial charge in [-0.1, -0.05) is 0 Å². The summed E-state index contributed by atoms with van der Waals surface area (Å²) >= 11 is 0. The van der Waals surface area contributed by atoms with Crippen LogP contribution in [0.3, 0.4) is 0 Å². The summed E-state index contributed by atoms with van der Waals surface area (Å²) in [5.74, 6) is 0.0404. The van der Waals surface area contributed by atoms with Gasteiger partial charge in [-0.2, -0.15) is 0 Å². The molecule has 0 heterocycles. The lowest BCUT2D eigenvalue weighted by Crippen LogP contribution is -2.41. The van der Waals surface area contributed by atoms with E-state index in [0.717, 1.165) is 25.7 Å². The highest BCUT2D eigenvalue weighted by Gasteiger charge is 2.27. The summed E-state index contributed by atoms with van der Waals surface area (Å²) in [7, 11) is 0. The van der Waals surface area contributed by atoms with Gasteiger partial charge in [0, 0.05) is 12.1 Å². The average molecular weight is 229 g/mol. The molecule has 16 heavy (non-hydrogen) atoms. The second kappa shape index (κ2) is 6.86. The average Bonchev–Trinajstić information content (AvgIpc) is 2.30. The van der Waals surface area contributed by atoms with Gasteiger partial charge in [0.1, 0.15) is 0 Å². The van der Waals surface area contributed by atoms with Gasteiger partial charge >= 0.3 is 5.97 Å². The van der Waals surface area contributed by atoms with Gasteiger partial charge in [0.2, 0.25) is 0 Å². The van der Waals surface area contributed by atoms with E-state index in [0.29, 0.717) is 12.6 Å². The normalized spacial score (nSPS) is 27.4. The number of esters is 1. The third kappa shape index (κ3) is 4.10. The number of carbonyl (C=O) groups is 1. The standard InChI is InChI=1S/C12H23NO3/c1-3-16-12(15)10-4-6-11(7-5-10)13-9(2)8-14/h9-11,13-14H,3-8H2,1-2H3. The van der Waals surface area contributed by atoms with Crippen molar-refractivity contribution in [3.05, 3.63) is 0 Å². The van der Waals surface area contributed by atoms with E-state index in [2.05, 4.69) is 5.32 Å². The predicted molar refractivity (Wildman–Crippen MR) is 62.1 cm³/mol. The summed E-state index contributed by atoms with van der Waals surface area (Å²) in [5.41, 5.74) is 0.